The zero-order valence-corrected chi connectivity index (χ0v) is 17.5. The van der Waals surface area contributed by atoms with Gasteiger partial charge in [-0.05, 0) is 0 Å². The van der Waals surface area contributed by atoms with Crippen molar-refractivity contribution < 1.29 is 0 Å². The Morgan fingerprint density at radius 3 is 1.26 bits per heavy atom. The normalized spacial score (nSPS) is 12.0. The molecule has 116 valence electrons. The van der Waals surface area contributed by atoms with Gasteiger partial charge in [0, 0.05) is 0 Å². The van der Waals surface area contributed by atoms with Gasteiger partial charge in [-0.15, -0.1) is 0 Å². The summed E-state index contributed by atoms with van der Waals surface area (Å²) in [5.41, 5.74) is 0. The van der Waals surface area contributed by atoms with Gasteiger partial charge in [-0.25, -0.2) is 0 Å². The summed E-state index contributed by atoms with van der Waals surface area (Å²) in [7, 11) is 0. The molecule has 2 nitrogen and oxygen atoms in total. The molecule has 0 bridgehead atoms. The van der Waals surface area contributed by atoms with Gasteiger partial charge >= 0.3 is 130 Å². The predicted octanol–water partition coefficient (Wildman–Crippen LogP) is 3.70. The van der Waals surface area contributed by atoms with Crippen LogP contribution < -0.4 is 0 Å². The molecule has 0 aliphatic heterocycles. The molecule has 0 unspecified atom stereocenters. The van der Waals surface area contributed by atoms with E-state index in [1.807, 2.05) is 0 Å². The summed E-state index contributed by atoms with van der Waals surface area (Å²) in [4.78, 5) is 5.16. The van der Waals surface area contributed by atoms with E-state index in [4.69, 9.17) is 0 Å². The molecule has 3 heteroatoms. The molecule has 0 aromatic carbocycles. The average Bonchev–Trinajstić information content (AvgIpc) is 2.46. The first-order valence-corrected chi connectivity index (χ1v) is 15.6. The van der Waals surface area contributed by atoms with Crippen LogP contribution in [0.5, 0.6) is 0 Å². The third-order valence-electron chi connectivity index (χ3n) is 4.54. The summed E-state index contributed by atoms with van der Waals surface area (Å²) >= 11 is -1.13. The Bertz CT molecular complexity index is 162. The SMILES string of the molecule is CCN(CC)CC[CH2][SnH]([CH2]C)[CH2]CCN(CC)CC. The van der Waals surface area contributed by atoms with Crippen molar-refractivity contribution in [3.8, 4) is 0 Å². The predicted molar refractivity (Wildman–Crippen MR) is 92.1 cm³/mol. The fourth-order valence-electron chi connectivity index (χ4n) is 2.84. The van der Waals surface area contributed by atoms with Gasteiger partial charge in [-0.2, -0.15) is 0 Å². The molecule has 0 saturated carbocycles. The van der Waals surface area contributed by atoms with E-state index >= 15 is 0 Å². The number of hydrogen-bond donors (Lipinski definition) is 0. The Morgan fingerprint density at radius 1 is 0.632 bits per heavy atom. The molecule has 0 aromatic heterocycles. The van der Waals surface area contributed by atoms with E-state index in [2.05, 4.69) is 44.4 Å². The second-order valence-electron chi connectivity index (χ2n) is 5.61. The summed E-state index contributed by atoms with van der Waals surface area (Å²) in [6.07, 6.45) is 2.95. The zero-order valence-electron chi connectivity index (χ0n) is 14.2. The van der Waals surface area contributed by atoms with Gasteiger partial charge in [0.1, 0.15) is 0 Å². The van der Waals surface area contributed by atoms with Gasteiger partial charge in [-0.3, -0.25) is 0 Å². The summed E-state index contributed by atoms with van der Waals surface area (Å²) in [6, 6.07) is 0. The molecule has 0 heterocycles. The van der Waals surface area contributed by atoms with E-state index in [-0.39, 0.29) is 0 Å². The molecule has 0 atom stereocenters. The molecule has 0 rings (SSSR count). The van der Waals surface area contributed by atoms with Crippen LogP contribution in [0.25, 0.3) is 0 Å². The fourth-order valence-corrected chi connectivity index (χ4v) is 10.3. The zero-order chi connectivity index (χ0) is 14.5. The molecular formula is C16H38N2Sn. The van der Waals surface area contributed by atoms with Crippen molar-refractivity contribution in [2.24, 2.45) is 0 Å². The molecule has 0 radical (unpaired) electrons. The Kier molecular flexibility index (Phi) is 14.2. The minimum absolute atomic E-state index is 1.13. The number of rotatable bonds is 13. The van der Waals surface area contributed by atoms with E-state index in [1.165, 1.54) is 52.1 Å². The van der Waals surface area contributed by atoms with Crippen LogP contribution >= 0.6 is 0 Å². The minimum atomic E-state index is -1.13. The Balaban J connectivity index is 3.70. The van der Waals surface area contributed by atoms with Crippen LogP contribution in [-0.2, 0) is 0 Å². The summed E-state index contributed by atoms with van der Waals surface area (Å²) in [5.74, 6) is 0. The number of nitrogens with zero attached hydrogens (tertiary/aromatic N) is 2. The van der Waals surface area contributed by atoms with Crippen molar-refractivity contribution in [3.05, 3.63) is 0 Å². The van der Waals surface area contributed by atoms with E-state index < -0.39 is 19.8 Å². The van der Waals surface area contributed by atoms with Gasteiger partial charge in [0.2, 0.25) is 0 Å². The van der Waals surface area contributed by atoms with Crippen LogP contribution in [0.1, 0.15) is 47.5 Å². The summed E-state index contributed by atoms with van der Waals surface area (Å²) in [6.45, 7) is 19.2. The van der Waals surface area contributed by atoms with Crippen LogP contribution in [0.4, 0.5) is 0 Å². The molecule has 0 amide bonds. The van der Waals surface area contributed by atoms with Crippen molar-refractivity contribution in [2.45, 2.75) is 60.8 Å². The molecular weight excluding hydrogens is 339 g/mol. The van der Waals surface area contributed by atoms with Crippen LogP contribution in [0.3, 0.4) is 0 Å². The van der Waals surface area contributed by atoms with Crippen molar-refractivity contribution >= 4 is 19.8 Å². The monoisotopic (exact) mass is 378 g/mol. The molecule has 0 saturated heterocycles. The molecule has 0 aliphatic carbocycles. The standard InChI is InChI=1S/2C7H16N.C2H5.Sn.H/c2*1-4-7-8(5-2)6-3;1-2;;/h2*1,4-7H2,2-3H3;1H2,2H3;;. The summed E-state index contributed by atoms with van der Waals surface area (Å²) in [5, 5.41) is 0. The second-order valence-corrected chi connectivity index (χ2v) is 16.2. The molecule has 0 N–H and O–H groups in total. The molecule has 19 heavy (non-hydrogen) atoms. The molecule has 0 aromatic rings. The van der Waals surface area contributed by atoms with Gasteiger partial charge in [0.05, 0.1) is 0 Å². The maximum absolute atomic E-state index is 2.58. The van der Waals surface area contributed by atoms with Crippen molar-refractivity contribution in [2.75, 3.05) is 39.3 Å². The van der Waals surface area contributed by atoms with Crippen molar-refractivity contribution in [1.82, 2.24) is 9.80 Å². The summed E-state index contributed by atoms with van der Waals surface area (Å²) < 4.78 is 4.83. The maximum atomic E-state index is 2.58. The van der Waals surface area contributed by atoms with Gasteiger partial charge in [-0.1, -0.05) is 0 Å². The van der Waals surface area contributed by atoms with Crippen molar-refractivity contribution in [3.63, 3.8) is 0 Å². The third-order valence-corrected chi connectivity index (χ3v) is 14.8. The van der Waals surface area contributed by atoms with Crippen LogP contribution in [0.15, 0.2) is 0 Å². The fraction of sp³-hybridized carbons (Fsp3) is 1.00. The van der Waals surface area contributed by atoms with Crippen LogP contribution in [0, 0.1) is 0 Å². The van der Waals surface area contributed by atoms with Gasteiger partial charge in [0.15, 0.2) is 0 Å². The van der Waals surface area contributed by atoms with Gasteiger partial charge < -0.3 is 0 Å². The molecule has 0 fully saturated rings. The first kappa shape index (κ1) is 19.7. The Hall–Kier alpha value is 0.719. The number of hydrogen-bond acceptors (Lipinski definition) is 2. The molecule has 0 spiro atoms. The molecule has 0 aliphatic rings. The van der Waals surface area contributed by atoms with Crippen LogP contribution in [-0.4, -0.2) is 68.8 Å². The third kappa shape index (κ3) is 10.1. The topological polar surface area (TPSA) is 6.48 Å². The van der Waals surface area contributed by atoms with E-state index in [9.17, 15) is 0 Å². The van der Waals surface area contributed by atoms with E-state index in [1.54, 1.807) is 13.3 Å². The Morgan fingerprint density at radius 2 is 1.00 bits per heavy atom. The van der Waals surface area contributed by atoms with Gasteiger partial charge in [0.25, 0.3) is 0 Å². The second kappa shape index (κ2) is 13.7. The quantitative estimate of drug-likeness (QED) is 0.452. The van der Waals surface area contributed by atoms with Crippen LogP contribution in [0.2, 0.25) is 13.3 Å². The van der Waals surface area contributed by atoms with E-state index in [0.717, 1.165) is 0 Å². The van der Waals surface area contributed by atoms with Crippen molar-refractivity contribution in [1.29, 1.82) is 0 Å². The average molecular weight is 377 g/mol. The first-order chi connectivity index (χ1) is 9.21. The van der Waals surface area contributed by atoms with E-state index in [0.29, 0.717) is 0 Å². The Labute approximate surface area is 129 Å². The first-order valence-electron chi connectivity index (χ1n) is 8.66.